The number of tetrazole rings is 1. The van der Waals surface area contributed by atoms with Crippen molar-refractivity contribution in [2.24, 2.45) is 5.73 Å². The second-order valence-electron chi connectivity index (χ2n) is 5.70. The van der Waals surface area contributed by atoms with Crippen molar-refractivity contribution in [1.29, 1.82) is 0 Å². The van der Waals surface area contributed by atoms with Gasteiger partial charge in [-0.15, -0.1) is 5.10 Å². The summed E-state index contributed by atoms with van der Waals surface area (Å²) in [6.07, 6.45) is 0.873. The molecule has 1 aromatic carbocycles. The quantitative estimate of drug-likeness (QED) is 0.911. The predicted molar refractivity (Wildman–Crippen MR) is 75.6 cm³/mol. The second kappa shape index (κ2) is 5.48. The number of benzene rings is 1. The first kappa shape index (κ1) is 13.7. The lowest BCUT2D eigenvalue weighted by atomic mass is 9.87. The molecule has 5 heteroatoms. The Hall–Kier alpha value is -1.75. The van der Waals surface area contributed by atoms with Crippen molar-refractivity contribution in [3.05, 3.63) is 29.8 Å². The van der Waals surface area contributed by atoms with Gasteiger partial charge in [0.05, 0.1) is 0 Å². The summed E-state index contributed by atoms with van der Waals surface area (Å²) in [5, 5.41) is 11.8. The largest absolute Gasteiger partial charge is 0.330 e. The fraction of sp³-hybridized carbons (Fsp3) is 0.500. The zero-order valence-corrected chi connectivity index (χ0v) is 11.8. The van der Waals surface area contributed by atoms with Gasteiger partial charge >= 0.3 is 0 Å². The maximum absolute atomic E-state index is 5.52. The number of nitrogens with two attached hydrogens (primary N) is 1. The molecule has 1 heterocycles. The Kier molecular flexibility index (Phi) is 3.95. The average molecular weight is 259 g/mol. The highest BCUT2D eigenvalue weighted by atomic mass is 15.5. The molecule has 0 aliphatic carbocycles. The van der Waals surface area contributed by atoms with Gasteiger partial charge in [-0.1, -0.05) is 45.0 Å². The number of aromatic nitrogens is 4. The van der Waals surface area contributed by atoms with Crippen LogP contribution in [0, 0.1) is 0 Å². The monoisotopic (exact) mass is 259 g/mol. The summed E-state index contributed by atoms with van der Waals surface area (Å²) in [6.45, 7) is 8.00. The summed E-state index contributed by atoms with van der Waals surface area (Å²) in [5.74, 6) is 0.800. The highest BCUT2D eigenvalue weighted by molar-refractivity contribution is 5.55. The minimum absolute atomic E-state index is 0.157. The van der Waals surface area contributed by atoms with Crippen LogP contribution in [-0.2, 0) is 12.0 Å². The van der Waals surface area contributed by atoms with Crippen LogP contribution in [0.2, 0.25) is 0 Å². The molecular weight excluding hydrogens is 238 g/mol. The number of rotatable bonds is 4. The van der Waals surface area contributed by atoms with Crippen molar-refractivity contribution in [1.82, 2.24) is 20.2 Å². The van der Waals surface area contributed by atoms with Crippen LogP contribution in [0.15, 0.2) is 24.3 Å². The molecule has 19 heavy (non-hydrogen) atoms. The second-order valence-corrected chi connectivity index (χ2v) is 5.70. The maximum atomic E-state index is 5.52. The van der Waals surface area contributed by atoms with Gasteiger partial charge in [0.2, 0.25) is 0 Å². The molecule has 1 aromatic heterocycles. The molecule has 102 valence electrons. The lowest BCUT2D eigenvalue weighted by molar-refractivity contribution is 0.568. The fourth-order valence-corrected chi connectivity index (χ4v) is 1.92. The summed E-state index contributed by atoms with van der Waals surface area (Å²) in [6, 6.07) is 8.42. The Balaban J connectivity index is 2.25. The zero-order chi connectivity index (χ0) is 13.9. The van der Waals surface area contributed by atoms with E-state index in [0.717, 1.165) is 24.4 Å². The van der Waals surface area contributed by atoms with Crippen molar-refractivity contribution in [3.63, 3.8) is 0 Å². The lowest BCUT2D eigenvalue weighted by Crippen LogP contribution is -2.11. The minimum Gasteiger partial charge on any atom is -0.330 e. The van der Waals surface area contributed by atoms with Crippen LogP contribution in [0.5, 0.6) is 0 Å². The Morgan fingerprint density at radius 2 is 1.84 bits per heavy atom. The van der Waals surface area contributed by atoms with Gasteiger partial charge in [-0.2, -0.15) is 0 Å². The van der Waals surface area contributed by atoms with Crippen LogP contribution in [0.4, 0.5) is 0 Å². The highest BCUT2D eigenvalue weighted by Gasteiger charge is 2.14. The van der Waals surface area contributed by atoms with Crippen LogP contribution in [-0.4, -0.2) is 26.8 Å². The normalized spacial score (nSPS) is 11.8. The molecule has 0 aliphatic heterocycles. The summed E-state index contributed by atoms with van der Waals surface area (Å²) < 4.78 is 1.80. The molecule has 0 bridgehead atoms. The maximum Gasteiger partial charge on any atom is 0.182 e. The summed E-state index contributed by atoms with van der Waals surface area (Å²) in [7, 11) is 0. The number of hydrogen-bond donors (Lipinski definition) is 1. The van der Waals surface area contributed by atoms with Gasteiger partial charge < -0.3 is 5.73 Å². The van der Waals surface area contributed by atoms with Gasteiger partial charge in [-0.3, -0.25) is 0 Å². The van der Waals surface area contributed by atoms with Crippen LogP contribution in [0.25, 0.3) is 11.4 Å². The first-order chi connectivity index (χ1) is 9.02. The average Bonchev–Trinajstić information content (AvgIpc) is 2.83. The molecule has 0 unspecified atom stereocenters. The highest BCUT2D eigenvalue weighted by Crippen LogP contribution is 2.24. The van der Waals surface area contributed by atoms with Crippen molar-refractivity contribution in [2.75, 3.05) is 6.54 Å². The molecule has 2 rings (SSSR count). The molecule has 5 nitrogen and oxygen atoms in total. The van der Waals surface area contributed by atoms with Crippen molar-refractivity contribution in [3.8, 4) is 11.4 Å². The standard InChI is InChI=1S/C14H21N5/c1-14(2,3)12-7-5-11(6-8-12)13-16-17-18-19(13)10-4-9-15/h5-8H,4,9-10,15H2,1-3H3. The molecule has 0 saturated heterocycles. The molecule has 2 N–H and O–H groups in total. The van der Waals surface area contributed by atoms with Crippen LogP contribution < -0.4 is 5.73 Å². The fourth-order valence-electron chi connectivity index (χ4n) is 1.92. The van der Waals surface area contributed by atoms with E-state index in [2.05, 4.69) is 60.6 Å². The van der Waals surface area contributed by atoms with Gasteiger partial charge in [0.1, 0.15) is 0 Å². The van der Waals surface area contributed by atoms with E-state index >= 15 is 0 Å². The molecule has 0 aliphatic rings. The van der Waals surface area contributed by atoms with Crippen molar-refractivity contribution < 1.29 is 0 Å². The Morgan fingerprint density at radius 1 is 1.16 bits per heavy atom. The number of nitrogens with zero attached hydrogens (tertiary/aromatic N) is 4. The Bertz CT molecular complexity index is 522. The van der Waals surface area contributed by atoms with Crippen molar-refractivity contribution in [2.45, 2.75) is 39.2 Å². The molecule has 0 spiro atoms. The first-order valence-corrected chi connectivity index (χ1v) is 6.59. The SMILES string of the molecule is CC(C)(C)c1ccc(-c2nnnn2CCCN)cc1. The summed E-state index contributed by atoms with van der Waals surface area (Å²) >= 11 is 0. The summed E-state index contributed by atoms with van der Waals surface area (Å²) in [4.78, 5) is 0. The van der Waals surface area contributed by atoms with Crippen LogP contribution in [0.1, 0.15) is 32.8 Å². The molecule has 0 amide bonds. The molecular formula is C14H21N5. The predicted octanol–water partition coefficient (Wildman–Crippen LogP) is 1.99. The van der Waals surface area contributed by atoms with E-state index in [0.29, 0.717) is 6.54 Å². The van der Waals surface area contributed by atoms with Gasteiger partial charge in [0, 0.05) is 12.1 Å². The molecule has 0 atom stereocenters. The Labute approximate surface area is 113 Å². The van der Waals surface area contributed by atoms with Crippen LogP contribution in [0.3, 0.4) is 0 Å². The van der Waals surface area contributed by atoms with Gasteiger partial charge in [-0.05, 0) is 34.4 Å². The van der Waals surface area contributed by atoms with Gasteiger partial charge in [-0.25, -0.2) is 4.68 Å². The minimum atomic E-state index is 0.157. The summed E-state index contributed by atoms with van der Waals surface area (Å²) in [5.41, 5.74) is 8.02. The van der Waals surface area contributed by atoms with E-state index in [1.54, 1.807) is 4.68 Å². The van der Waals surface area contributed by atoms with Gasteiger partial charge in [0.15, 0.2) is 5.82 Å². The van der Waals surface area contributed by atoms with Crippen LogP contribution >= 0.6 is 0 Å². The van der Waals surface area contributed by atoms with E-state index in [1.165, 1.54) is 5.56 Å². The third kappa shape index (κ3) is 3.17. The molecule has 0 saturated carbocycles. The lowest BCUT2D eigenvalue weighted by Gasteiger charge is -2.19. The third-order valence-electron chi connectivity index (χ3n) is 3.12. The van der Waals surface area contributed by atoms with E-state index in [4.69, 9.17) is 5.73 Å². The smallest absolute Gasteiger partial charge is 0.182 e. The Morgan fingerprint density at radius 3 is 2.42 bits per heavy atom. The van der Waals surface area contributed by atoms with E-state index in [9.17, 15) is 0 Å². The molecule has 0 radical (unpaired) electrons. The molecule has 2 aromatic rings. The first-order valence-electron chi connectivity index (χ1n) is 6.59. The molecule has 0 fully saturated rings. The van der Waals surface area contributed by atoms with Gasteiger partial charge in [0.25, 0.3) is 0 Å². The third-order valence-corrected chi connectivity index (χ3v) is 3.12. The van der Waals surface area contributed by atoms with E-state index in [-0.39, 0.29) is 5.41 Å². The number of hydrogen-bond acceptors (Lipinski definition) is 4. The zero-order valence-electron chi connectivity index (χ0n) is 11.8. The van der Waals surface area contributed by atoms with E-state index in [1.807, 2.05) is 0 Å². The topological polar surface area (TPSA) is 69.6 Å². The van der Waals surface area contributed by atoms with Crippen molar-refractivity contribution >= 4 is 0 Å². The van der Waals surface area contributed by atoms with E-state index < -0.39 is 0 Å². The number of aryl methyl sites for hydroxylation is 1.